The zero-order valence-electron chi connectivity index (χ0n) is 13.5. The van der Waals surface area contributed by atoms with Gasteiger partial charge in [-0.1, -0.05) is 13.3 Å². The van der Waals surface area contributed by atoms with E-state index in [0.717, 1.165) is 6.42 Å². The van der Waals surface area contributed by atoms with E-state index in [1.807, 2.05) is 6.92 Å². The topological polar surface area (TPSA) is 89.5 Å². The third-order valence-electron chi connectivity index (χ3n) is 2.83. The van der Waals surface area contributed by atoms with Gasteiger partial charge in [0, 0.05) is 0 Å². The van der Waals surface area contributed by atoms with Gasteiger partial charge >= 0.3 is 12.1 Å². The highest BCUT2D eigenvalue weighted by molar-refractivity contribution is 5.94. The predicted octanol–water partition coefficient (Wildman–Crippen LogP) is 2.74. The number of methoxy groups -OCH3 is 3. The second kappa shape index (κ2) is 9.39. The number of benzene rings is 1. The van der Waals surface area contributed by atoms with E-state index < -0.39 is 12.1 Å². The van der Waals surface area contributed by atoms with Crippen LogP contribution in [-0.2, 0) is 14.5 Å². The molecule has 0 aliphatic heterocycles. The first-order chi connectivity index (χ1) is 11.1. The predicted molar refractivity (Wildman–Crippen MR) is 78.9 cm³/mol. The van der Waals surface area contributed by atoms with Gasteiger partial charge in [-0.3, -0.25) is 0 Å². The minimum atomic E-state index is -1.09. The Morgan fingerprint density at radius 2 is 1.65 bits per heavy atom. The smallest absolute Gasteiger partial charge is 0.493 e. The van der Waals surface area contributed by atoms with E-state index in [9.17, 15) is 9.59 Å². The fraction of sp³-hybridized carbons (Fsp3) is 0.467. The van der Waals surface area contributed by atoms with E-state index in [2.05, 4.69) is 9.78 Å². The minimum Gasteiger partial charge on any atom is -0.493 e. The third-order valence-corrected chi connectivity index (χ3v) is 2.83. The average molecular weight is 328 g/mol. The summed E-state index contributed by atoms with van der Waals surface area (Å²) < 4.78 is 20.1. The summed E-state index contributed by atoms with van der Waals surface area (Å²) in [7, 11) is 4.20. The van der Waals surface area contributed by atoms with Gasteiger partial charge < -0.3 is 18.9 Å². The Labute approximate surface area is 134 Å². The van der Waals surface area contributed by atoms with Gasteiger partial charge in [-0.2, -0.15) is 4.79 Å². The second-order valence-corrected chi connectivity index (χ2v) is 4.29. The zero-order valence-corrected chi connectivity index (χ0v) is 13.5. The maximum absolute atomic E-state index is 12.0. The van der Waals surface area contributed by atoms with Crippen molar-refractivity contribution in [3.63, 3.8) is 0 Å². The van der Waals surface area contributed by atoms with Crippen molar-refractivity contribution < 1.29 is 38.3 Å². The number of rotatable bonds is 7. The molecule has 1 rings (SSSR count). The number of unbranched alkanes of at least 4 members (excludes halogenated alkanes) is 1. The van der Waals surface area contributed by atoms with Crippen molar-refractivity contribution in [2.75, 3.05) is 27.9 Å². The Morgan fingerprint density at radius 3 is 2.22 bits per heavy atom. The molecule has 1 aromatic rings. The molecule has 0 aromatic heterocycles. The molecule has 8 heteroatoms. The van der Waals surface area contributed by atoms with Crippen molar-refractivity contribution in [1.82, 2.24) is 0 Å². The SMILES string of the molecule is CCCCOC(=O)OOC(=O)c1ccc(OC)c(OC)c1OC. The van der Waals surface area contributed by atoms with Crippen molar-refractivity contribution in [1.29, 1.82) is 0 Å². The molecule has 0 saturated carbocycles. The van der Waals surface area contributed by atoms with Crippen molar-refractivity contribution in [3.8, 4) is 17.2 Å². The molecule has 0 aliphatic carbocycles. The largest absolute Gasteiger partial charge is 0.549 e. The first-order valence-electron chi connectivity index (χ1n) is 6.93. The van der Waals surface area contributed by atoms with Crippen molar-refractivity contribution in [2.24, 2.45) is 0 Å². The van der Waals surface area contributed by atoms with E-state index in [1.165, 1.54) is 33.5 Å². The van der Waals surface area contributed by atoms with Crippen LogP contribution >= 0.6 is 0 Å². The van der Waals surface area contributed by atoms with Crippen molar-refractivity contribution in [2.45, 2.75) is 19.8 Å². The van der Waals surface area contributed by atoms with E-state index in [4.69, 9.17) is 18.9 Å². The minimum absolute atomic E-state index is 0.00603. The first-order valence-corrected chi connectivity index (χ1v) is 6.93. The van der Waals surface area contributed by atoms with E-state index in [0.29, 0.717) is 12.2 Å². The highest BCUT2D eigenvalue weighted by Gasteiger charge is 2.23. The molecule has 0 radical (unpaired) electrons. The molecule has 0 heterocycles. The maximum Gasteiger partial charge on any atom is 0.549 e. The molecule has 0 spiro atoms. The number of hydrogen-bond acceptors (Lipinski definition) is 8. The van der Waals surface area contributed by atoms with Gasteiger partial charge in [0.05, 0.1) is 27.9 Å². The lowest BCUT2D eigenvalue weighted by atomic mass is 10.1. The molecule has 128 valence electrons. The Bertz CT molecular complexity index is 541. The van der Waals surface area contributed by atoms with Crippen LogP contribution in [0.15, 0.2) is 12.1 Å². The second-order valence-electron chi connectivity index (χ2n) is 4.29. The van der Waals surface area contributed by atoms with Crippen LogP contribution in [0.3, 0.4) is 0 Å². The van der Waals surface area contributed by atoms with Crippen LogP contribution < -0.4 is 14.2 Å². The zero-order chi connectivity index (χ0) is 17.2. The molecular weight excluding hydrogens is 308 g/mol. The lowest BCUT2D eigenvalue weighted by Crippen LogP contribution is -2.14. The Hall–Kier alpha value is -2.64. The maximum atomic E-state index is 12.0. The summed E-state index contributed by atoms with van der Waals surface area (Å²) in [6.07, 6.45) is 0.453. The normalized spacial score (nSPS) is 9.74. The van der Waals surface area contributed by atoms with Crippen LogP contribution in [0.5, 0.6) is 17.2 Å². The van der Waals surface area contributed by atoms with Crippen molar-refractivity contribution in [3.05, 3.63) is 17.7 Å². The van der Waals surface area contributed by atoms with Gasteiger partial charge in [0.2, 0.25) is 5.75 Å². The summed E-state index contributed by atoms with van der Waals surface area (Å²) in [5.41, 5.74) is 0.00603. The molecule has 0 saturated heterocycles. The molecule has 0 amide bonds. The quantitative estimate of drug-likeness (QED) is 0.327. The molecule has 23 heavy (non-hydrogen) atoms. The summed E-state index contributed by atoms with van der Waals surface area (Å²) in [4.78, 5) is 32.0. The van der Waals surface area contributed by atoms with Crippen LogP contribution in [-0.4, -0.2) is 40.1 Å². The van der Waals surface area contributed by atoms with Crippen LogP contribution in [0.1, 0.15) is 30.1 Å². The third kappa shape index (κ3) is 4.94. The molecule has 0 fully saturated rings. The van der Waals surface area contributed by atoms with Gasteiger partial charge in [0.1, 0.15) is 5.56 Å². The lowest BCUT2D eigenvalue weighted by Gasteiger charge is -2.14. The number of carbonyl (C=O) groups excluding carboxylic acids is 2. The standard InChI is InChI=1S/C15H20O8/c1-5-6-9-21-15(17)23-22-14(16)10-7-8-11(18-2)13(20-4)12(10)19-3/h7-8H,5-6,9H2,1-4H3. The monoisotopic (exact) mass is 328 g/mol. The van der Waals surface area contributed by atoms with Gasteiger partial charge in [0.25, 0.3) is 0 Å². The van der Waals surface area contributed by atoms with Gasteiger partial charge in [-0.25, -0.2) is 14.6 Å². The molecule has 0 bridgehead atoms. The molecule has 0 N–H and O–H groups in total. The van der Waals surface area contributed by atoms with E-state index in [-0.39, 0.29) is 23.7 Å². The van der Waals surface area contributed by atoms with Gasteiger partial charge in [0.15, 0.2) is 11.5 Å². The Balaban J connectivity index is 2.78. The summed E-state index contributed by atoms with van der Waals surface area (Å²) >= 11 is 0. The first kappa shape index (κ1) is 18.4. The Kier molecular flexibility index (Phi) is 7.52. The number of carbonyl (C=O) groups is 2. The van der Waals surface area contributed by atoms with Crippen LogP contribution in [0.25, 0.3) is 0 Å². The van der Waals surface area contributed by atoms with Crippen LogP contribution in [0, 0.1) is 0 Å². The summed E-state index contributed by atoms with van der Waals surface area (Å²) in [6, 6.07) is 2.89. The van der Waals surface area contributed by atoms with Crippen LogP contribution in [0.2, 0.25) is 0 Å². The fourth-order valence-corrected chi connectivity index (χ4v) is 1.70. The average Bonchev–Trinajstić information content (AvgIpc) is 2.58. The van der Waals surface area contributed by atoms with Crippen molar-refractivity contribution >= 4 is 12.1 Å². The van der Waals surface area contributed by atoms with Gasteiger partial charge in [-0.15, -0.1) is 0 Å². The van der Waals surface area contributed by atoms with Gasteiger partial charge in [-0.05, 0) is 18.6 Å². The van der Waals surface area contributed by atoms with E-state index >= 15 is 0 Å². The summed E-state index contributed by atoms with van der Waals surface area (Å²) in [5.74, 6) is -0.245. The highest BCUT2D eigenvalue weighted by Crippen LogP contribution is 2.39. The Morgan fingerprint density at radius 1 is 0.957 bits per heavy atom. The van der Waals surface area contributed by atoms with Crippen LogP contribution in [0.4, 0.5) is 4.79 Å². The van der Waals surface area contributed by atoms with E-state index in [1.54, 1.807) is 0 Å². The molecule has 8 nitrogen and oxygen atoms in total. The molecule has 0 aliphatic rings. The summed E-state index contributed by atoms with van der Waals surface area (Å²) in [6.45, 7) is 2.13. The highest BCUT2D eigenvalue weighted by atomic mass is 17.2. The molecule has 1 aromatic carbocycles. The summed E-state index contributed by atoms with van der Waals surface area (Å²) in [5, 5.41) is 0. The lowest BCUT2D eigenvalue weighted by molar-refractivity contribution is -0.203. The molecule has 0 atom stereocenters. The molecular formula is C15H20O8. The molecule has 0 unspecified atom stereocenters. The number of hydrogen-bond donors (Lipinski definition) is 0. The number of ether oxygens (including phenoxy) is 4. The fourth-order valence-electron chi connectivity index (χ4n) is 1.70.